The van der Waals surface area contributed by atoms with Crippen molar-refractivity contribution in [2.75, 3.05) is 40.0 Å². The van der Waals surface area contributed by atoms with Crippen LogP contribution in [0.3, 0.4) is 0 Å². The van der Waals surface area contributed by atoms with Crippen LogP contribution >= 0.6 is 11.3 Å². The lowest BCUT2D eigenvalue weighted by molar-refractivity contribution is 0.00990. The van der Waals surface area contributed by atoms with Crippen LogP contribution in [0.15, 0.2) is 4.99 Å². The average molecular weight is 369 g/mol. The molecule has 0 bridgehead atoms. The molecular formula is C18H32N4O2S. The maximum absolute atomic E-state index is 5.95. The molecule has 1 saturated heterocycles. The molecule has 2 heterocycles. The number of nitrogens with one attached hydrogen (secondary N) is 1. The number of aromatic nitrogens is 1. The summed E-state index contributed by atoms with van der Waals surface area (Å²) in [4.78, 5) is 12.9. The first-order chi connectivity index (χ1) is 12.1. The van der Waals surface area contributed by atoms with Crippen LogP contribution in [-0.4, -0.2) is 61.9 Å². The van der Waals surface area contributed by atoms with Gasteiger partial charge < -0.3 is 19.7 Å². The number of methoxy groups -OCH3 is 1. The molecule has 1 aromatic heterocycles. The largest absolute Gasteiger partial charge is 0.385 e. The summed E-state index contributed by atoms with van der Waals surface area (Å²) >= 11 is 1.74. The monoisotopic (exact) mass is 368 g/mol. The number of guanidine groups is 1. The Labute approximate surface area is 155 Å². The zero-order valence-corrected chi connectivity index (χ0v) is 16.8. The Balaban J connectivity index is 1.84. The molecular weight excluding hydrogens is 336 g/mol. The molecule has 1 fully saturated rings. The first kappa shape index (κ1) is 20.1. The van der Waals surface area contributed by atoms with Crippen molar-refractivity contribution < 1.29 is 9.47 Å². The van der Waals surface area contributed by atoms with Gasteiger partial charge >= 0.3 is 0 Å². The van der Waals surface area contributed by atoms with E-state index in [0.717, 1.165) is 68.8 Å². The standard InChI is InChI=1S/C18H32N4O2S/c1-5-19-18(20-13-17-14(2)21-15(3)25-17)22-9-7-16(8-10-22)24-12-6-11-23-4/h16H,5-13H2,1-4H3,(H,19,20). The number of likely N-dealkylation sites (tertiary alicyclic amines) is 1. The fourth-order valence-corrected chi connectivity index (χ4v) is 3.84. The molecule has 6 nitrogen and oxygen atoms in total. The van der Waals surface area contributed by atoms with Gasteiger partial charge in [-0.1, -0.05) is 0 Å². The molecule has 0 aromatic carbocycles. The molecule has 0 spiro atoms. The number of rotatable bonds is 8. The molecule has 1 N–H and O–H groups in total. The van der Waals surface area contributed by atoms with Crippen molar-refractivity contribution in [1.82, 2.24) is 15.2 Å². The van der Waals surface area contributed by atoms with Crippen LogP contribution in [0.2, 0.25) is 0 Å². The van der Waals surface area contributed by atoms with E-state index < -0.39 is 0 Å². The Morgan fingerprint density at radius 2 is 2.08 bits per heavy atom. The normalized spacial score (nSPS) is 16.5. The number of nitrogens with zero attached hydrogens (tertiary/aromatic N) is 3. The van der Waals surface area contributed by atoms with Crippen LogP contribution in [-0.2, 0) is 16.0 Å². The van der Waals surface area contributed by atoms with Crippen molar-refractivity contribution in [3.63, 3.8) is 0 Å². The minimum Gasteiger partial charge on any atom is -0.385 e. The second-order valence-electron chi connectivity index (χ2n) is 6.32. The van der Waals surface area contributed by atoms with Crippen LogP contribution in [0, 0.1) is 13.8 Å². The van der Waals surface area contributed by atoms with E-state index in [4.69, 9.17) is 14.5 Å². The molecule has 2 rings (SSSR count). The predicted octanol–water partition coefficient (Wildman–Crippen LogP) is 2.74. The molecule has 25 heavy (non-hydrogen) atoms. The van der Waals surface area contributed by atoms with E-state index in [9.17, 15) is 0 Å². The summed E-state index contributed by atoms with van der Waals surface area (Å²) in [5.74, 6) is 1.01. The molecule has 142 valence electrons. The van der Waals surface area contributed by atoms with Crippen molar-refractivity contribution in [3.05, 3.63) is 15.6 Å². The SMILES string of the molecule is CCNC(=NCc1sc(C)nc1C)N1CCC(OCCCOC)CC1. The fraction of sp³-hybridized carbons (Fsp3) is 0.778. The highest BCUT2D eigenvalue weighted by Crippen LogP contribution is 2.19. The molecule has 0 radical (unpaired) electrons. The van der Waals surface area contributed by atoms with Gasteiger partial charge in [-0.15, -0.1) is 11.3 Å². The molecule has 1 aliphatic heterocycles. The van der Waals surface area contributed by atoms with E-state index in [0.29, 0.717) is 12.6 Å². The molecule has 0 amide bonds. The van der Waals surface area contributed by atoms with Crippen LogP contribution in [0.5, 0.6) is 0 Å². The van der Waals surface area contributed by atoms with Gasteiger partial charge in [-0.3, -0.25) is 0 Å². The first-order valence-corrected chi connectivity index (χ1v) is 10.0. The minimum absolute atomic E-state index is 0.363. The van der Waals surface area contributed by atoms with Gasteiger partial charge in [0, 0.05) is 44.8 Å². The van der Waals surface area contributed by atoms with E-state index in [2.05, 4.69) is 29.0 Å². The maximum Gasteiger partial charge on any atom is 0.194 e. The van der Waals surface area contributed by atoms with E-state index >= 15 is 0 Å². The number of aryl methyl sites for hydroxylation is 2. The fourth-order valence-electron chi connectivity index (χ4n) is 2.98. The topological polar surface area (TPSA) is 59.0 Å². The lowest BCUT2D eigenvalue weighted by Gasteiger charge is -2.34. The van der Waals surface area contributed by atoms with Gasteiger partial charge in [-0.05, 0) is 40.0 Å². The molecule has 1 aromatic rings. The molecule has 0 aliphatic carbocycles. The maximum atomic E-state index is 5.95. The van der Waals surface area contributed by atoms with Crippen LogP contribution in [0.4, 0.5) is 0 Å². The van der Waals surface area contributed by atoms with E-state index in [1.807, 2.05) is 6.92 Å². The van der Waals surface area contributed by atoms with Crippen molar-refractivity contribution in [1.29, 1.82) is 0 Å². The summed E-state index contributed by atoms with van der Waals surface area (Å²) in [7, 11) is 1.73. The number of hydrogen-bond acceptors (Lipinski definition) is 5. The summed E-state index contributed by atoms with van der Waals surface area (Å²) < 4.78 is 11.0. The van der Waals surface area contributed by atoms with Gasteiger partial charge in [-0.25, -0.2) is 9.98 Å². The molecule has 0 saturated carbocycles. The van der Waals surface area contributed by atoms with Gasteiger partial charge in [0.1, 0.15) is 0 Å². The Kier molecular flexibility index (Phi) is 8.64. The third kappa shape index (κ3) is 6.56. The molecule has 7 heteroatoms. The zero-order chi connectivity index (χ0) is 18.1. The van der Waals surface area contributed by atoms with Gasteiger partial charge in [0.05, 0.1) is 23.4 Å². The van der Waals surface area contributed by atoms with Crippen molar-refractivity contribution in [3.8, 4) is 0 Å². The second kappa shape index (κ2) is 10.7. The number of hydrogen-bond donors (Lipinski definition) is 1. The minimum atomic E-state index is 0.363. The molecule has 0 atom stereocenters. The van der Waals surface area contributed by atoms with E-state index in [-0.39, 0.29) is 0 Å². The van der Waals surface area contributed by atoms with Crippen molar-refractivity contribution >= 4 is 17.3 Å². The summed E-state index contributed by atoms with van der Waals surface area (Å²) in [6.45, 7) is 11.3. The first-order valence-electron chi connectivity index (χ1n) is 9.20. The Morgan fingerprint density at radius 1 is 1.32 bits per heavy atom. The smallest absolute Gasteiger partial charge is 0.194 e. The van der Waals surface area contributed by atoms with E-state index in [1.54, 1.807) is 18.4 Å². The van der Waals surface area contributed by atoms with Crippen LogP contribution in [0.25, 0.3) is 0 Å². The third-order valence-corrected chi connectivity index (χ3v) is 5.35. The highest BCUT2D eigenvalue weighted by molar-refractivity contribution is 7.11. The predicted molar refractivity (Wildman–Crippen MR) is 103 cm³/mol. The molecule has 0 unspecified atom stereocenters. The number of ether oxygens (including phenoxy) is 2. The Bertz CT molecular complexity index is 539. The van der Waals surface area contributed by atoms with Gasteiger partial charge in [-0.2, -0.15) is 0 Å². The number of thiazole rings is 1. The summed E-state index contributed by atoms with van der Waals surface area (Å²) in [6.07, 6.45) is 3.43. The lowest BCUT2D eigenvalue weighted by atomic mass is 10.1. The summed E-state index contributed by atoms with van der Waals surface area (Å²) in [5.41, 5.74) is 1.10. The van der Waals surface area contributed by atoms with Gasteiger partial charge in [0.25, 0.3) is 0 Å². The quantitative estimate of drug-likeness (QED) is 0.434. The second-order valence-corrected chi connectivity index (χ2v) is 7.60. The average Bonchev–Trinajstić information content (AvgIpc) is 2.93. The van der Waals surface area contributed by atoms with Crippen molar-refractivity contribution in [2.24, 2.45) is 4.99 Å². The Hall–Kier alpha value is -1.18. The Morgan fingerprint density at radius 3 is 2.68 bits per heavy atom. The van der Waals surface area contributed by atoms with Crippen LogP contribution < -0.4 is 5.32 Å². The van der Waals surface area contributed by atoms with Crippen molar-refractivity contribution in [2.45, 2.75) is 52.7 Å². The highest BCUT2D eigenvalue weighted by Gasteiger charge is 2.22. The molecule has 1 aliphatic rings. The zero-order valence-electron chi connectivity index (χ0n) is 16.0. The van der Waals surface area contributed by atoms with Gasteiger partial charge in [0.15, 0.2) is 5.96 Å². The number of piperidine rings is 1. The third-order valence-electron chi connectivity index (χ3n) is 4.29. The number of aliphatic imine (C=N–C) groups is 1. The lowest BCUT2D eigenvalue weighted by Crippen LogP contribution is -2.47. The van der Waals surface area contributed by atoms with Gasteiger partial charge in [0.2, 0.25) is 0 Å². The van der Waals surface area contributed by atoms with E-state index in [1.165, 1.54) is 4.88 Å². The summed E-state index contributed by atoms with van der Waals surface area (Å²) in [5, 5.41) is 4.54. The van der Waals surface area contributed by atoms with Crippen LogP contribution in [0.1, 0.15) is 41.8 Å². The highest BCUT2D eigenvalue weighted by atomic mass is 32.1. The summed E-state index contributed by atoms with van der Waals surface area (Å²) in [6, 6.07) is 0.